The molecule has 172 valence electrons. The predicted octanol–water partition coefficient (Wildman–Crippen LogP) is 5.88. The zero-order valence-corrected chi connectivity index (χ0v) is 19.3. The maximum absolute atomic E-state index is 13.9. The van der Waals surface area contributed by atoms with E-state index in [1.54, 1.807) is 6.07 Å². The summed E-state index contributed by atoms with van der Waals surface area (Å²) >= 11 is 0. The lowest BCUT2D eigenvalue weighted by atomic mass is 10.00. The number of hydrogen-bond acceptors (Lipinski definition) is 4. The van der Waals surface area contributed by atoms with Crippen molar-refractivity contribution in [3.05, 3.63) is 107 Å². The Hall–Kier alpha value is -4.55. The molecule has 5 rings (SSSR count). The second-order valence-electron chi connectivity index (χ2n) is 8.08. The van der Waals surface area contributed by atoms with Gasteiger partial charge in [0.15, 0.2) is 5.65 Å². The molecule has 0 radical (unpaired) electrons. The molecule has 0 fully saturated rings. The lowest BCUT2D eigenvalue weighted by Gasteiger charge is -2.10. The molecule has 0 aliphatic carbocycles. The van der Waals surface area contributed by atoms with Crippen molar-refractivity contribution in [2.45, 2.75) is 13.5 Å². The van der Waals surface area contributed by atoms with E-state index in [1.807, 2.05) is 91.9 Å². The van der Waals surface area contributed by atoms with Crippen LogP contribution in [0.2, 0.25) is 0 Å². The highest BCUT2D eigenvalue weighted by molar-refractivity contribution is 5.91. The van der Waals surface area contributed by atoms with Crippen LogP contribution in [0.5, 0.6) is 0 Å². The molecule has 0 saturated carbocycles. The van der Waals surface area contributed by atoms with Gasteiger partial charge in [0.05, 0.1) is 34.8 Å². The number of hydrogen-bond donors (Lipinski definition) is 2. The number of allylic oxidation sites excluding steroid dienone is 1. The van der Waals surface area contributed by atoms with Crippen molar-refractivity contribution in [2.24, 2.45) is 4.99 Å². The molecule has 0 aliphatic heterocycles. The molecule has 5 aromatic rings. The summed E-state index contributed by atoms with van der Waals surface area (Å²) in [5.74, 6) is 0. The van der Waals surface area contributed by atoms with Gasteiger partial charge >= 0.3 is 0 Å². The van der Waals surface area contributed by atoms with Gasteiger partial charge in [0, 0.05) is 11.1 Å². The molecule has 35 heavy (non-hydrogen) atoms. The van der Waals surface area contributed by atoms with E-state index in [-0.39, 0.29) is 12.2 Å². The minimum Gasteiger partial charge on any atom is -0.390 e. The highest BCUT2D eigenvalue weighted by Crippen LogP contribution is 2.35. The number of aliphatic imine (C=N–C) groups is 1. The fourth-order valence-corrected chi connectivity index (χ4v) is 4.38. The first-order valence-corrected chi connectivity index (χ1v) is 11.3. The molecule has 0 aliphatic rings. The summed E-state index contributed by atoms with van der Waals surface area (Å²) in [5, 5.41) is 13.5. The molecule has 2 aromatic heterocycles. The van der Waals surface area contributed by atoms with Gasteiger partial charge in [0.1, 0.15) is 0 Å². The van der Waals surface area contributed by atoms with Crippen LogP contribution in [-0.4, -0.2) is 26.4 Å². The number of fused-ring (bicyclic) bond motifs is 1. The summed E-state index contributed by atoms with van der Waals surface area (Å²) in [6.45, 7) is 5.17. The van der Waals surface area contributed by atoms with Crippen LogP contribution < -0.4 is 5.56 Å². The van der Waals surface area contributed by atoms with E-state index in [2.05, 4.69) is 16.8 Å². The van der Waals surface area contributed by atoms with Gasteiger partial charge in [-0.05, 0) is 36.9 Å². The van der Waals surface area contributed by atoms with Gasteiger partial charge in [0.2, 0.25) is 0 Å². The van der Waals surface area contributed by atoms with Gasteiger partial charge in [-0.15, -0.1) is 0 Å². The number of benzene rings is 3. The molecule has 0 atom stereocenters. The molecule has 0 unspecified atom stereocenters. The Bertz CT molecular complexity index is 1610. The predicted molar refractivity (Wildman–Crippen MR) is 142 cm³/mol. The second kappa shape index (κ2) is 9.37. The maximum Gasteiger partial charge on any atom is 0.280 e. The monoisotopic (exact) mass is 460 g/mol. The quantitative estimate of drug-likeness (QED) is 0.310. The van der Waals surface area contributed by atoms with Gasteiger partial charge in [-0.3, -0.25) is 14.9 Å². The number of aromatic nitrogens is 3. The van der Waals surface area contributed by atoms with E-state index < -0.39 is 0 Å². The summed E-state index contributed by atoms with van der Waals surface area (Å²) in [7, 11) is 0. The Kier molecular flexibility index (Phi) is 5.95. The van der Waals surface area contributed by atoms with Gasteiger partial charge in [-0.25, -0.2) is 4.98 Å². The van der Waals surface area contributed by atoms with Crippen LogP contribution in [0, 0.1) is 0 Å². The molecule has 0 saturated heterocycles. The molecule has 2 heterocycles. The van der Waals surface area contributed by atoms with E-state index >= 15 is 0 Å². The van der Waals surface area contributed by atoms with Crippen molar-refractivity contribution in [1.29, 1.82) is 0 Å². The van der Waals surface area contributed by atoms with E-state index in [4.69, 9.17) is 4.98 Å². The number of nitrogens with zero attached hydrogens (tertiary/aromatic N) is 3. The molecule has 6 heteroatoms. The minimum absolute atomic E-state index is 0.288. The minimum atomic E-state index is -0.373. The van der Waals surface area contributed by atoms with Crippen molar-refractivity contribution in [1.82, 2.24) is 14.6 Å². The van der Waals surface area contributed by atoms with Gasteiger partial charge < -0.3 is 5.11 Å². The summed E-state index contributed by atoms with van der Waals surface area (Å²) in [5.41, 5.74) is 6.46. The van der Waals surface area contributed by atoms with E-state index in [9.17, 15) is 9.90 Å². The van der Waals surface area contributed by atoms with Crippen molar-refractivity contribution >= 4 is 24.1 Å². The van der Waals surface area contributed by atoms with Gasteiger partial charge in [0.25, 0.3) is 5.56 Å². The third-order valence-corrected chi connectivity index (χ3v) is 5.96. The first-order valence-electron chi connectivity index (χ1n) is 11.3. The SMILES string of the molecule is C=Nc1ccc(-c2c(CO)nc3c(-c4ccccc4)c(-c4ccccc4)[nH]n3c2=O)cc1/C=C\C. The van der Waals surface area contributed by atoms with Crippen LogP contribution in [-0.2, 0) is 6.61 Å². The van der Waals surface area contributed by atoms with E-state index in [0.29, 0.717) is 28.2 Å². The highest BCUT2D eigenvalue weighted by atomic mass is 16.3. The largest absolute Gasteiger partial charge is 0.390 e. The van der Waals surface area contributed by atoms with Gasteiger partial charge in [-0.2, -0.15) is 4.52 Å². The van der Waals surface area contributed by atoms with Crippen LogP contribution in [0.3, 0.4) is 0 Å². The fraction of sp³-hybridized carbons (Fsp3) is 0.0690. The number of aliphatic hydroxyl groups is 1. The third-order valence-electron chi connectivity index (χ3n) is 5.96. The fourth-order valence-electron chi connectivity index (χ4n) is 4.38. The maximum atomic E-state index is 13.9. The molecule has 3 aromatic carbocycles. The highest BCUT2D eigenvalue weighted by Gasteiger charge is 2.22. The molecular formula is C29H24N4O2. The van der Waals surface area contributed by atoms with Crippen LogP contribution in [0.1, 0.15) is 18.2 Å². The summed E-state index contributed by atoms with van der Waals surface area (Å²) in [6.07, 6.45) is 3.81. The summed E-state index contributed by atoms with van der Waals surface area (Å²) in [6, 6.07) is 25.1. The number of nitrogens with one attached hydrogen (secondary N) is 1. The van der Waals surface area contributed by atoms with Crippen LogP contribution in [0.25, 0.3) is 45.2 Å². The zero-order chi connectivity index (χ0) is 24.4. The summed E-state index contributed by atoms with van der Waals surface area (Å²) in [4.78, 5) is 22.8. The Morgan fingerprint density at radius 2 is 1.66 bits per heavy atom. The second-order valence-corrected chi connectivity index (χ2v) is 8.08. The molecule has 6 nitrogen and oxygen atoms in total. The van der Waals surface area contributed by atoms with Crippen molar-refractivity contribution in [2.75, 3.05) is 0 Å². The zero-order valence-electron chi connectivity index (χ0n) is 19.3. The normalized spacial score (nSPS) is 11.4. The van der Waals surface area contributed by atoms with E-state index in [1.165, 1.54) is 4.52 Å². The first kappa shape index (κ1) is 22.3. The number of aromatic amines is 1. The number of aliphatic hydroxyl groups excluding tert-OH is 1. The Morgan fingerprint density at radius 3 is 2.29 bits per heavy atom. The number of rotatable bonds is 6. The topological polar surface area (TPSA) is 82.8 Å². The number of H-pyrrole nitrogens is 1. The molecular weight excluding hydrogens is 436 g/mol. The Balaban J connectivity index is 1.85. The average Bonchev–Trinajstić information content (AvgIpc) is 3.29. The van der Waals surface area contributed by atoms with Crippen LogP contribution in [0.4, 0.5) is 5.69 Å². The summed E-state index contributed by atoms with van der Waals surface area (Å²) < 4.78 is 1.47. The molecule has 2 N–H and O–H groups in total. The Morgan fingerprint density at radius 1 is 0.971 bits per heavy atom. The first-order chi connectivity index (χ1) is 17.2. The van der Waals surface area contributed by atoms with Crippen LogP contribution >= 0.6 is 0 Å². The van der Waals surface area contributed by atoms with Crippen molar-refractivity contribution in [3.8, 4) is 33.5 Å². The van der Waals surface area contributed by atoms with E-state index in [0.717, 1.165) is 27.9 Å². The molecule has 0 amide bonds. The average molecular weight is 461 g/mol. The standard InChI is InChI=1S/C29H24N4O2/c1-3-10-21-17-22(15-16-23(21)30-2)25-24(18-34)31-28-26(19-11-6-4-7-12-19)27(32-33(28)29(25)35)20-13-8-5-9-14-20/h3-17,32,34H,2,18H2,1H3/b10-3-. The third kappa shape index (κ3) is 3.90. The molecule has 0 spiro atoms. The van der Waals surface area contributed by atoms with Crippen LogP contribution in [0.15, 0.2) is 94.7 Å². The Labute approximate surface area is 202 Å². The van der Waals surface area contributed by atoms with Crippen molar-refractivity contribution < 1.29 is 5.11 Å². The van der Waals surface area contributed by atoms with Gasteiger partial charge in [-0.1, -0.05) is 78.9 Å². The lowest BCUT2D eigenvalue weighted by Crippen LogP contribution is -2.20. The lowest BCUT2D eigenvalue weighted by molar-refractivity contribution is 0.277. The van der Waals surface area contributed by atoms with Crippen molar-refractivity contribution in [3.63, 3.8) is 0 Å². The molecule has 0 bridgehead atoms. The smallest absolute Gasteiger partial charge is 0.280 e.